The first-order valence-electron chi connectivity index (χ1n) is 6.38. The second kappa shape index (κ2) is 8.65. The fourth-order valence-electron chi connectivity index (χ4n) is 0.788. The maximum Gasteiger partial charge on any atom is 0.163 e. The normalized spacial score (nSPS) is 11.8. The van der Waals surface area contributed by atoms with Gasteiger partial charge in [-0.1, -0.05) is 34.6 Å². The number of ether oxygens (including phenoxy) is 2. The minimum Gasteiger partial charge on any atom is -0.373 e. The van der Waals surface area contributed by atoms with Gasteiger partial charge < -0.3 is 9.47 Å². The van der Waals surface area contributed by atoms with Crippen LogP contribution in [0.5, 0.6) is 0 Å². The highest BCUT2D eigenvalue weighted by molar-refractivity contribution is 5.84. The minimum absolute atomic E-state index is 0.123. The van der Waals surface area contributed by atoms with E-state index in [1.165, 1.54) is 0 Å². The molecule has 0 fully saturated rings. The van der Waals surface area contributed by atoms with Gasteiger partial charge in [0.2, 0.25) is 0 Å². The van der Waals surface area contributed by atoms with Crippen LogP contribution in [0.1, 0.15) is 55.4 Å². The van der Waals surface area contributed by atoms with E-state index in [1.54, 1.807) is 0 Å². The van der Waals surface area contributed by atoms with Crippen LogP contribution in [0.25, 0.3) is 0 Å². The molecule has 0 spiro atoms. The summed E-state index contributed by atoms with van der Waals surface area (Å²) in [6.07, 6.45) is 0. The van der Waals surface area contributed by atoms with Crippen molar-refractivity contribution in [3.63, 3.8) is 0 Å². The van der Waals surface area contributed by atoms with Crippen LogP contribution in [-0.2, 0) is 14.3 Å². The van der Waals surface area contributed by atoms with Crippen molar-refractivity contribution >= 4 is 5.78 Å². The molecule has 0 atom stereocenters. The first kappa shape index (κ1) is 18.9. The monoisotopic (exact) mass is 246 g/mol. The number of Topliss-reactive ketones (excluding diaryl/α,β-unsaturated/α-hetero) is 1. The third kappa shape index (κ3) is 13.5. The number of carbonyl (C=O) groups excluding carboxylic acids is 1. The Kier molecular flexibility index (Phi) is 9.64. The topological polar surface area (TPSA) is 35.5 Å². The van der Waals surface area contributed by atoms with E-state index in [4.69, 9.17) is 9.47 Å². The molecule has 0 aliphatic rings. The zero-order valence-electron chi connectivity index (χ0n) is 12.8. The Hall–Kier alpha value is -0.410. The van der Waals surface area contributed by atoms with E-state index < -0.39 is 0 Å². The molecule has 0 radical (unpaired) electrons. The Morgan fingerprint density at radius 2 is 1.41 bits per heavy atom. The first-order valence-corrected chi connectivity index (χ1v) is 6.38. The minimum atomic E-state index is -0.315. The van der Waals surface area contributed by atoms with Crippen molar-refractivity contribution in [3.05, 3.63) is 0 Å². The van der Waals surface area contributed by atoms with Crippen LogP contribution in [0.15, 0.2) is 0 Å². The third-order valence-corrected chi connectivity index (χ3v) is 1.83. The molecule has 0 saturated heterocycles. The molecule has 0 aromatic carbocycles. The van der Waals surface area contributed by atoms with Gasteiger partial charge in [-0.25, -0.2) is 0 Å². The standard InChI is InChI=1S/C12H24O3.C2H6/c1-11(2,3)10(13)9-14-7-8-15-12(4,5)6;1-2/h7-9H2,1-6H3;1-2H3. The lowest BCUT2D eigenvalue weighted by Gasteiger charge is -2.20. The summed E-state index contributed by atoms with van der Waals surface area (Å²) in [4.78, 5) is 11.5. The van der Waals surface area contributed by atoms with Gasteiger partial charge in [0.05, 0.1) is 18.8 Å². The number of hydrogen-bond acceptors (Lipinski definition) is 3. The van der Waals surface area contributed by atoms with Crippen LogP contribution in [0.3, 0.4) is 0 Å². The quantitative estimate of drug-likeness (QED) is 0.697. The molecule has 0 aliphatic heterocycles. The van der Waals surface area contributed by atoms with E-state index in [0.29, 0.717) is 13.2 Å². The number of ketones is 1. The van der Waals surface area contributed by atoms with Crippen molar-refractivity contribution in [2.75, 3.05) is 19.8 Å². The van der Waals surface area contributed by atoms with Crippen molar-refractivity contribution < 1.29 is 14.3 Å². The molecule has 3 nitrogen and oxygen atoms in total. The van der Waals surface area contributed by atoms with Gasteiger partial charge in [0.25, 0.3) is 0 Å². The van der Waals surface area contributed by atoms with E-state index in [0.717, 1.165) is 0 Å². The average molecular weight is 246 g/mol. The van der Waals surface area contributed by atoms with Gasteiger partial charge in [0.1, 0.15) is 6.61 Å². The van der Waals surface area contributed by atoms with Crippen LogP contribution < -0.4 is 0 Å². The molecule has 0 aliphatic carbocycles. The van der Waals surface area contributed by atoms with E-state index in [-0.39, 0.29) is 23.4 Å². The SMILES string of the molecule is CC.CC(C)(C)OCCOCC(=O)C(C)(C)C. The Balaban J connectivity index is 0. The van der Waals surface area contributed by atoms with Gasteiger partial charge in [0.15, 0.2) is 5.78 Å². The molecule has 0 rings (SSSR count). The smallest absolute Gasteiger partial charge is 0.163 e. The zero-order valence-corrected chi connectivity index (χ0v) is 12.8. The molecule has 0 aromatic rings. The molecule has 0 aromatic heterocycles. The lowest BCUT2D eigenvalue weighted by Crippen LogP contribution is -2.27. The van der Waals surface area contributed by atoms with Gasteiger partial charge in [-0.15, -0.1) is 0 Å². The Bertz CT molecular complexity index is 196. The summed E-state index contributed by atoms with van der Waals surface area (Å²) in [5.41, 5.74) is -0.456. The van der Waals surface area contributed by atoms with Crippen LogP contribution in [0, 0.1) is 5.41 Å². The summed E-state index contributed by atoms with van der Waals surface area (Å²) in [6, 6.07) is 0. The van der Waals surface area contributed by atoms with E-state index >= 15 is 0 Å². The molecule has 0 N–H and O–H groups in total. The summed E-state index contributed by atoms with van der Waals surface area (Å²) in [5, 5.41) is 0. The maximum atomic E-state index is 11.5. The zero-order chi connectivity index (χ0) is 14.1. The molecule has 104 valence electrons. The largest absolute Gasteiger partial charge is 0.373 e. The second-order valence-electron chi connectivity index (χ2n) is 5.69. The fourth-order valence-corrected chi connectivity index (χ4v) is 0.788. The van der Waals surface area contributed by atoms with Crippen LogP contribution in [-0.4, -0.2) is 31.2 Å². The van der Waals surface area contributed by atoms with Crippen molar-refractivity contribution in [3.8, 4) is 0 Å². The summed E-state index contributed by atoms with van der Waals surface area (Å²) in [6.45, 7) is 16.8. The van der Waals surface area contributed by atoms with Gasteiger partial charge in [-0.05, 0) is 20.8 Å². The highest BCUT2D eigenvalue weighted by atomic mass is 16.5. The third-order valence-electron chi connectivity index (χ3n) is 1.83. The van der Waals surface area contributed by atoms with E-state index in [1.807, 2.05) is 55.4 Å². The molecule has 0 amide bonds. The summed E-state index contributed by atoms with van der Waals surface area (Å²) < 4.78 is 10.7. The molecular weight excluding hydrogens is 216 g/mol. The van der Waals surface area contributed by atoms with E-state index in [9.17, 15) is 4.79 Å². The van der Waals surface area contributed by atoms with Crippen molar-refractivity contribution in [1.29, 1.82) is 0 Å². The predicted molar refractivity (Wildman–Crippen MR) is 72.3 cm³/mol. The Morgan fingerprint density at radius 1 is 0.941 bits per heavy atom. The molecule has 0 unspecified atom stereocenters. The van der Waals surface area contributed by atoms with Gasteiger partial charge in [0, 0.05) is 5.41 Å². The Morgan fingerprint density at radius 3 is 1.76 bits per heavy atom. The van der Waals surface area contributed by atoms with Crippen LogP contribution in [0.2, 0.25) is 0 Å². The predicted octanol–water partition coefficient (Wildman–Crippen LogP) is 3.46. The number of rotatable bonds is 5. The highest BCUT2D eigenvalue weighted by Gasteiger charge is 2.20. The summed E-state index contributed by atoms with van der Waals surface area (Å²) >= 11 is 0. The average Bonchev–Trinajstić information content (AvgIpc) is 2.17. The molecule has 3 heteroatoms. The highest BCUT2D eigenvalue weighted by Crippen LogP contribution is 2.14. The number of hydrogen-bond donors (Lipinski definition) is 0. The summed E-state index contributed by atoms with van der Waals surface area (Å²) in [7, 11) is 0. The second-order valence-corrected chi connectivity index (χ2v) is 5.69. The van der Waals surface area contributed by atoms with Crippen molar-refractivity contribution in [2.24, 2.45) is 5.41 Å². The number of carbonyl (C=O) groups is 1. The van der Waals surface area contributed by atoms with Crippen LogP contribution >= 0.6 is 0 Å². The summed E-state index contributed by atoms with van der Waals surface area (Å²) in [5.74, 6) is 0.123. The van der Waals surface area contributed by atoms with Crippen molar-refractivity contribution in [1.82, 2.24) is 0 Å². The fraction of sp³-hybridized carbons (Fsp3) is 0.929. The molecule has 0 heterocycles. The van der Waals surface area contributed by atoms with Gasteiger partial charge in [-0.3, -0.25) is 4.79 Å². The maximum absolute atomic E-state index is 11.5. The van der Waals surface area contributed by atoms with Crippen LogP contribution in [0.4, 0.5) is 0 Å². The first-order chi connectivity index (χ1) is 7.63. The lowest BCUT2D eigenvalue weighted by molar-refractivity contribution is -0.132. The lowest BCUT2D eigenvalue weighted by atomic mass is 9.91. The van der Waals surface area contributed by atoms with E-state index in [2.05, 4.69) is 0 Å². The van der Waals surface area contributed by atoms with Gasteiger partial charge >= 0.3 is 0 Å². The molecule has 0 bridgehead atoms. The molecule has 0 saturated carbocycles. The Labute approximate surface area is 107 Å². The molecule has 17 heavy (non-hydrogen) atoms. The molecular formula is C14H30O3. The van der Waals surface area contributed by atoms with Crippen molar-refractivity contribution in [2.45, 2.75) is 61.0 Å². The van der Waals surface area contributed by atoms with Gasteiger partial charge in [-0.2, -0.15) is 0 Å².